The number of nitrogens with one attached hydrogen (secondary N) is 1. The van der Waals surface area contributed by atoms with E-state index < -0.39 is 0 Å². The first-order valence-corrected chi connectivity index (χ1v) is 4.43. The molecule has 2 rings (SSSR count). The maximum atomic E-state index is 5.16. The Morgan fingerprint density at radius 1 is 1.25 bits per heavy atom. The fraction of sp³-hybridized carbons (Fsp3) is 0. The van der Waals surface area contributed by atoms with E-state index in [1.165, 1.54) is 0 Å². The molecule has 0 amide bonds. The summed E-state index contributed by atoms with van der Waals surface area (Å²) in [7, 11) is 0. The third-order valence-corrected chi connectivity index (χ3v) is 2.38. The number of H-pyrrole nitrogens is 1. The van der Waals surface area contributed by atoms with Crippen molar-refractivity contribution in [1.82, 2.24) is 4.98 Å². The Labute approximate surface area is 80.8 Å². The van der Waals surface area contributed by atoms with Gasteiger partial charge in [0, 0.05) is 26.5 Å². The maximum Gasteiger partial charge on any atom is 0.0485 e. The fourth-order valence-electron chi connectivity index (χ4n) is 1.16. The number of pyridine rings is 1. The molecule has 0 aliphatic rings. The molecule has 1 heterocycles. The number of fused-ring (bicyclic) bond motifs is 1. The Morgan fingerprint density at radius 3 is 2.92 bits per heavy atom. The van der Waals surface area contributed by atoms with E-state index in [-0.39, 0.29) is 0 Å². The van der Waals surface area contributed by atoms with Crippen LogP contribution >= 0.6 is 24.8 Å². The highest BCUT2D eigenvalue weighted by Gasteiger charge is 1.93. The summed E-state index contributed by atoms with van der Waals surface area (Å²) in [5.74, 6) is 0. The number of hydrogen-bond donors (Lipinski definition) is 2. The molecule has 60 valence electrons. The molecule has 1 N–H and O–H groups in total. The molecule has 1 aromatic carbocycles. The molecule has 0 atom stereocenters. The first kappa shape index (κ1) is 7.83. The average Bonchev–Trinajstić information content (AvgIpc) is 2.07. The summed E-state index contributed by atoms with van der Waals surface area (Å²) in [5.41, 5.74) is 1.06. The molecule has 0 spiro atoms. The van der Waals surface area contributed by atoms with Gasteiger partial charge in [0.1, 0.15) is 0 Å². The van der Waals surface area contributed by atoms with Crippen LogP contribution in [0.5, 0.6) is 0 Å². The molecule has 0 fully saturated rings. The van der Waals surface area contributed by atoms with Crippen LogP contribution in [0.1, 0.15) is 0 Å². The van der Waals surface area contributed by atoms with Gasteiger partial charge in [-0.15, -0.1) is 12.6 Å². The highest BCUT2D eigenvalue weighted by molar-refractivity contribution is 7.80. The molecule has 3 heteroatoms. The lowest BCUT2D eigenvalue weighted by molar-refractivity contribution is 1.38. The summed E-state index contributed by atoms with van der Waals surface area (Å²) in [6.45, 7) is 0. The highest BCUT2D eigenvalue weighted by Crippen LogP contribution is 2.16. The van der Waals surface area contributed by atoms with Gasteiger partial charge in [-0.3, -0.25) is 0 Å². The van der Waals surface area contributed by atoms with Gasteiger partial charge < -0.3 is 4.98 Å². The summed E-state index contributed by atoms with van der Waals surface area (Å²) < 4.78 is 0.861. The molecule has 0 aliphatic heterocycles. The standard InChI is InChI=1S/C9H7NS2/c11-6-1-2-8-7(5-6)9(12)3-4-10-8/h1-5,11H,(H,10,12). The van der Waals surface area contributed by atoms with Crippen LogP contribution in [0, 0.1) is 4.51 Å². The number of thiol groups is 1. The van der Waals surface area contributed by atoms with Crippen molar-refractivity contribution in [2.45, 2.75) is 4.90 Å². The Kier molecular flexibility index (Phi) is 1.90. The van der Waals surface area contributed by atoms with E-state index in [2.05, 4.69) is 17.6 Å². The minimum Gasteiger partial charge on any atom is -0.361 e. The Hall–Kier alpha value is -0.800. The van der Waals surface area contributed by atoms with Crippen LogP contribution < -0.4 is 0 Å². The first-order chi connectivity index (χ1) is 5.77. The lowest BCUT2D eigenvalue weighted by atomic mass is 10.2. The Morgan fingerprint density at radius 2 is 2.08 bits per heavy atom. The van der Waals surface area contributed by atoms with Crippen molar-refractivity contribution < 1.29 is 0 Å². The largest absolute Gasteiger partial charge is 0.361 e. The van der Waals surface area contributed by atoms with Crippen molar-refractivity contribution in [3.05, 3.63) is 35.0 Å². The third-order valence-electron chi connectivity index (χ3n) is 1.74. The van der Waals surface area contributed by atoms with Gasteiger partial charge in [0.05, 0.1) is 0 Å². The number of rotatable bonds is 0. The van der Waals surface area contributed by atoms with Gasteiger partial charge in [-0.25, -0.2) is 0 Å². The highest BCUT2D eigenvalue weighted by atomic mass is 32.1. The molecule has 0 unspecified atom stereocenters. The van der Waals surface area contributed by atoms with Crippen molar-refractivity contribution in [1.29, 1.82) is 0 Å². The molecular formula is C9H7NS2. The number of aromatic nitrogens is 1. The summed E-state index contributed by atoms with van der Waals surface area (Å²) in [5, 5.41) is 1.06. The first-order valence-electron chi connectivity index (χ1n) is 3.58. The van der Waals surface area contributed by atoms with Crippen LogP contribution in [0.15, 0.2) is 35.4 Å². The average molecular weight is 193 g/mol. The second-order valence-electron chi connectivity index (χ2n) is 2.57. The predicted molar refractivity (Wildman–Crippen MR) is 56.4 cm³/mol. The van der Waals surface area contributed by atoms with E-state index >= 15 is 0 Å². The van der Waals surface area contributed by atoms with E-state index in [1.54, 1.807) is 0 Å². The van der Waals surface area contributed by atoms with Crippen LogP contribution in [-0.4, -0.2) is 4.98 Å². The smallest absolute Gasteiger partial charge is 0.0485 e. The van der Waals surface area contributed by atoms with Crippen LogP contribution in [0.2, 0.25) is 0 Å². The Bertz CT molecular complexity index is 473. The van der Waals surface area contributed by atoms with Crippen molar-refractivity contribution in [3.8, 4) is 0 Å². The summed E-state index contributed by atoms with van der Waals surface area (Å²) in [4.78, 5) is 4.06. The molecule has 1 nitrogen and oxygen atoms in total. The van der Waals surface area contributed by atoms with Crippen LogP contribution in [-0.2, 0) is 0 Å². The molecule has 0 aliphatic carbocycles. The van der Waals surface area contributed by atoms with Crippen LogP contribution in [0.3, 0.4) is 0 Å². The van der Waals surface area contributed by atoms with Gasteiger partial charge in [-0.2, -0.15) is 0 Å². The monoisotopic (exact) mass is 193 g/mol. The number of aromatic amines is 1. The van der Waals surface area contributed by atoms with Gasteiger partial charge in [0.25, 0.3) is 0 Å². The van der Waals surface area contributed by atoms with E-state index in [9.17, 15) is 0 Å². The molecule has 0 saturated carbocycles. The fourth-order valence-corrected chi connectivity index (χ4v) is 1.60. The van der Waals surface area contributed by atoms with E-state index in [1.807, 2.05) is 30.5 Å². The zero-order valence-electron chi connectivity index (χ0n) is 6.24. The molecule has 0 bridgehead atoms. The second-order valence-corrected chi connectivity index (χ2v) is 3.53. The van der Waals surface area contributed by atoms with Gasteiger partial charge in [-0.05, 0) is 24.3 Å². The number of benzene rings is 1. The zero-order valence-corrected chi connectivity index (χ0v) is 7.95. The van der Waals surface area contributed by atoms with Crippen molar-refractivity contribution in [3.63, 3.8) is 0 Å². The Balaban J connectivity index is 2.98. The second kappa shape index (κ2) is 2.92. The molecular weight excluding hydrogens is 186 g/mol. The zero-order chi connectivity index (χ0) is 8.55. The SMILES string of the molecule is S=c1cc[nH]c2ccc(S)cc12. The summed E-state index contributed by atoms with van der Waals surface area (Å²) in [6, 6.07) is 7.77. The van der Waals surface area contributed by atoms with E-state index in [0.29, 0.717) is 0 Å². The van der Waals surface area contributed by atoms with E-state index in [4.69, 9.17) is 12.2 Å². The van der Waals surface area contributed by atoms with Crippen molar-refractivity contribution in [2.24, 2.45) is 0 Å². The van der Waals surface area contributed by atoms with E-state index in [0.717, 1.165) is 20.3 Å². The molecule has 12 heavy (non-hydrogen) atoms. The maximum absolute atomic E-state index is 5.16. The quantitative estimate of drug-likeness (QED) is 0.485. The molecule has 0 radical (unpaired) electrons. The third kappa shape index (κ3) is 1.26. The van der Waals surface area contributed by atoms with Gasteiger partial charge >= 0.3 is 0 Å². The van der Waals surface area contributed by atoms with Gasteiger partial charge in [0.15, 0.2) is 0 Å². The summed E-state index contributed by atoms with van der Waals surface area (Å²) >= 11 is 9.41. The predicted octanol–water partition coefficient (Wildman–Crippen LogP) is 3.19. The molecule has 1 aromatic heterocycles. The minimum absolute atomic E-state index is 0.861. The minimum atomic E-state index is 0.861. The summed E-state index contributed by atoms with van der Waals surface area (Å²) in [6.07, 6.45) is 1.85. The normalized spacial score (nSPS) is 10.4. The van der Waals surface area contributed by atoms with Crippen LogP contribution in [0.25, 0.3) is 10.9 Å². The molecule has 2 aromatic rings. The topological polar surface area (TPSA) is 15.8 Å². The lowest BCUT2D eigenvalue weighted by Crippen LogP contribution is -1.78. The number of hydrogen-bond acceptors (Lipinski definition) is 2. The van der Waals surface area contributed by atoms with Crippen molar-refractivity contribution in [2.75, 3.05) is 0 Å². The lowest BCUT2D eigenvalue weighted by Gasteiger charge is -1.97. The van der Waals surface area contributed by atoms with Gasteiger partial charge in [-0.1, -0.05) is 12.2 Å². The van der Waals surface area contributed by atoms with Crippen molar-refractivity contribution >= 4 is 35.7 Å². The molecule has 0 saturated heterocycles. The van der Waals surface area contributed by atoms with Gasteiger partial charge in [0.2, 0.25) is 0 Å². The van der Waals surface area contributed by atoms with Crippen LogP contribution in [0.4, 0.5) is 0 Å².